The zero-order valence-electron chi connectivity index (χ0n) is 11.3. The Morgan fingerprint density at radius 1 is 1.29 bits per heavy atom. The van der Waals surface area contributed by atoms with Crippen molar-refractivity contribution >= 4 is 23.0 Å². The number of para-hydroxylation sites is 1. The Labute approximate surface area is 126 Å². The first-order valence-electron chi connectivity index (χ1n) is 6.41. The molecule has 0 radical (unpaired) electrons. The van der Waals surface area contributed by atoms with Crippen LogP contribution in [0.3, 0.4) is 0 Å². The van der Waals surface area contributed by atoms with Crippen LogP contribution in [0.25, 0.3) is 0 Å². The van der Waals surface area contributed by atoms with Crippen LogP contribution in [0.4, 0.5) is 15.8 Å². The van der Waals surface area contributed by atoms with Crippen LogP contribution >= 0.6 is 11.6 Å². The smallest absolute Gasteiger partial charge is 0.310 e. The Bertz CT molecular complexity index is 647. The zero-order chi connectivity index (χ0) is 15.4. The normalized spacial score (nSPS) is 12.0. The van der Waals surface area contributed by atoms with Crippen molar-refractivity contribution in [3.63, 3.8) is 0 Å². The number of hydrogen-bond acceptors (Lipinski definition) is 3. The van der Waals surface area contributed by atoms with Gasteiger partial charge in [-0.25, -0.2) is 4.39 Å². The maximum atomic E-state index is 12.9. The van der Waals surface area contributed by atoms with Crippen molar-refractivity contribution in [1.82, 2.24) is 0 Å². The van der Waals surface area contributed by atoms with Crippen molar-refractivity contribution in [3.8, 4) is 0 Å². The summed E-state index contributed by atoms with van der Waals surface area (Å²) in [5.74, 6) is -0.287. The summed E-state index contributed by atoms with van der Waals surface area (Å²) in [6.45, 7) is 1.90. The van der Waals surface area contributed by atoms with Crippen molar-refractivity contribution in [2.24, 2.45) is 0 Å². The number of nitro groups is 1. The fraction of sp³-hybridized carbons (Fsp3) is 0.200. The number of hydrogen-bond donors (Lipinski definition) is 1. The highest BCUT2D eigenvalue weighted by Gasteiger charge is 2.19. The van der Waals surface area contributed by atoms with Crippen LogP contribution in [0.2, 0.25) is 5.02 Å². The summed E-state index contributed by atoms with van der Waals surface area (Å²) in [6.07, 6.45) is 0.615. The van der Waals surface area contributed by atoms with E-state index in [0.29, 0.717) is 12.1 Å². The van der Waals surface area contributed by atoms with Gasteiger partial charge in [0.15, 0.2) is 0 Å². The van der Waals surface area contributed by atoms with Crippen molar-refractivity contribution in [2.75, 3.05) is 5.32 Å². The third-order valence-electron chi connectivity index (χ3n) is 3.03. The van der Waals surface area contributed by atoms with Crippen LogP contribution in [-0.4, -0.2) is 11.0 Å². The lowest BCUT2D eigenvalue weighted by Crippen LogP contribution is -2.18. The summed E-state index contributed by atoms with van der Waals surface area (Å²) in [4.78, 5) is 10.6. The first-order valence-corrected chi connectivity index (χ1v) is 6.79. The molecule has 0 spiro atoms. The molecular weight excluding hydrogens is 295 g/mol. The van der Waals surface area contributed by atoms with Crippen LogP contribution < -0.4 is 5.32 Å². The van der Waals surface area contributed by atoms with Crippen LogP contribution in [0.5, 0.6) is 0 Å². The average molecular weight is 309 g/mol. The van der Waals surface area contributed by atoms with Gasteiger partial charge in [0, 0.05) is 6.04 Å². The predicted octanol–water partition coefficient (Wildman–Crippen LogP) is 4.43. The molecule has 110 valence electrons. The number of nitrogens with one attached hydrogen (secondary N) is 1. The maximum absolute atomic E-state index is 12.9. The molecule has 0 saturated heterocycles. The first-order chi connectivity index (χ1) is 9.97. The zero-order valence-corrected chi connectivity index (χ0v) is 12.1. The molecule has 6 heteroatoms. The van der Waals surface area contributed by atoms with E-state index in [1.165, 1.54) is 18.2 Å². The molecule has 0 heterocycles. The SMILES string of the molecule is CC(Cc1ccc(F)cc1)Nc1cccc(Cl)c1[N+](=O)[O-]. The highest BCUT2D eigenvalue weighted by atomic mass is 35.5. The molecule has 1 unspecified atom stereocenters. The van der Waals surface area contributed by atoms with Gasteiger partial charge in [0.1, 0.15) is 16.5 Å². The highest BCUT2D eigenvalue weighted by Crippen LogP contribution is 2.32. The standard InChI is InChI=1S/C15H14ClFN2O2/c1-10(9-11-5-7-12(17)8-6-11)18-14-4-2-3-13(16)15(14)19(20)21/h2-8,10,18H,9H2,1H3. The molecule has 0 amide bonds. The Hall–Kier alpha value is -2.14. The molecule has 0 saturated carbocycles. The largest absolute Gasteiger partial charge is 0.377 e. The first kappa shape index (κ1) is 15.3. The third kappa shape index (κ3) is 3.92. The molecule has 4 nitrogen and oxygen atoms in total. The Morgan fingerprint density at radius 2 is 1.95 bits per heavy atom. The molecule has 21 heavy (non-hydrogen) atoms. The van der Waals surface area contributed by atoms with Crippen LogP contribution in [-0.2, 0) is 6.42 Å². The minimum atomic E-state index is -0.505. The Balaban J connectivity index is 2.13. The quantitative estimate of drug-likeness (QED) is 0.656. The van der Waals surface area contributed by atoms with Gasteiger partial charge in [0.05, 0.1) is 4.92 Å². The minimum absolute atomic E-state index is 0.0624. The van der Waals surface area contributed by atoms with Gasteiger partial charge in [-0.05, 0) is 43.2 Å². The van der Waals surface area contributed by atoms with Crippen LogP contribution in [0.1, 0.15) is 12.5 Å². The topological polar surface area (TPSA) is 55.2 Å². The monoisotopic (exact) mass is 308 g/mol. The van der Waals surface area contributed by atoms with Crippen molar-refractivity contribution in [1.29, 1.82) is 0 Å². The van der Waals surface area contributed by atoms with E-state index >= 15 is 0 Å². The average Bonchev–Trinajstić information content (AvgIpc) is 2.41. The molecule has 1 N–H and O–H groups in total. The molecule has 0 aliphatic carbocycles. The van der Waals surface area contributed by atoms with Crippen LogP contribution in [0, 0.1) is 15.9 Å². The third-order valence-corrected chi connectivity index (χ3v) is 3.33. The number of rotatable bonds is 5. The van der Waals surface area contributed by atoms with E-state index < -0.39 is 4.92 Å². The lowest BCUT2D eigenvalue weighted by molar-refractivity contribution is -0.383. The van der Waals surface area contributed by atoms with E-state index in [0.717, 1.165) is 5.56 Å². The van der Waals surface area contributed by atoms with Gasteiger partial charge in [-0.2, -0.15) is 0 Å². The van der Waals surface area contributed by atoms with Crippen LogP contribution in [0.15, 0.2) is 42.5 Å². The lowest BCUT2D eigenvalue weighted by Gasteiger charge is -2.15. The predicted molar refractivity (Wildman–Crippen MR) is 81.3 cm³/mol. The molecular formula is C15H14ClFN2O2. The number of halogens is 2. The molecule has 0 bridgehead atoms. The van der Waals surface area contributed by atoms with Gasteiger partial charge >= 0.3 is 5.69 Å². The summed E-state index contributed by atoms with van der Waals surface area (Å²) < 4.78 is 12.9. The van der Waals surface area contributed by atoms with E-state index in [1.54, 1.807) is 24.3 Å². The van der Waals surface area contributed by atoms with Gasteiger partial charge in [-0.3, -0.25) is 10.1 Å². The van der Waals surface area contributed by atoms with E-state index in [1.807, 2.05) is 6.92 Å². The molecule has 2 rings (SSSR count). The number of benzene rings is 2. The van der Waals surface area contributed by atoms with Gasteiger partial charge in [0.2, 0.25) is 0 Å². The van der Waals surface area contributed by atoms with Crippen molar-refractivity contribution in [3.05, 3.63) is 69.0 Å². The fourth-order valence-electron chi connectivity index (χ4n) is 2.11. The highest BCUT2D eigenvalue weighted by molar-refractivity contribution is 6.33. The molecule has 0 aromatic heterocycles. The van der Waals surface area contributed by atoms with Gasteiger partial charge in [-0.1, -0.05) is 29.8 Å². The summed E-state index contributed by atoms with van der Waals surface area (Å²) in [7, 11) is 0. The molecule has 0 aliphatic rings. The summed E-state index contributed by atoms with van der Waals surface area (Å²) in [6, 6.07) is 10.9. The number of nitro benzene ring substituents is 1. The molecule has 0 aliphatic heterocycles. The van der Waals surface area contributed by atoms with Gasteiger partial charge in [0.25, 0.3) is 0 Å². The number of nitrogens with zero attached hydrogens (tertiary/aromatic N) is 1. The molecule has 2 aromatic rings. The Morgan fingerprint density at radius 3 is 2.57 bits per heavy atom. The number of anilines is 1. The van der Waals surface area contributed by atoms with Crippen molar-refractivity contribution in [2.45, 2.75) is 19.4 Å². The van der Waals surface area contributed by atoms with E-state index in [-0.39, 0.29) is 22.6 Å². The van der Waals surface area contributed by atoms with Gasteiger partial charge < -0.3 is 5.32 Å². The summed E-state index contributed by atoms with van der Waals surface area (Å²) in [5, 5.41) is 14.2. The van der Waals surface area contributed by atoms with E-state index in [9.17, 15) is 14.5 Å². The maximum Gasteiger partial charge on any atom is 0.310 e. The summed E-state index contributed by atoms with van der Waals surface area (Å²) >= 11 is 5.86. The van der Waals surface area contributed by atoms with E-state index in [4.69, 9.17) is 11.6 Å². The van der Waals surface area contributed by atoms with Gasteiger partial charge in [-0.15, -0.1) is 0 Å². The lowest BCUT2D eigenvalue weighted by atomic mass is 10.1. The second kappa shape index (κ2) is 6.54. The minimum Gasteiger partial charge on any atom is -0.377 e. The molecule has 2 aromatic carbocycles. The molecule has 0 fully saturated rings. The van der Waals surface area contributed by atoms with E-state index in [2.05, 4.69) is 5.32 Å². The summed E-state index contributed by atoms with van der Waals surface area (Å²) in [5.41, 5.74) is 1.19. The Kier molecular flexibility index (Phi) is 4.75. The van der Waals surface area contributed by atoms with Crippen molar-refractivity contribution < 1.29 is 9.31 Å². The second-order valence-corrected chi connectivity index (χ2v) is 5.18. The molecule has 1 atom stereocenters. The fourth-order valence-corrected chi connectivity index (χ4v) is 2.35. The second-order valence-electron chi connectivity index (χ2n) is 4.77.